The Morgan fingerprint density at radius 2 is 1.62 bits per heavy atom. The van der Waals surface area contributed by atoms with Crippen LogP contribution in [0.2, 0.25) is 0 Å². The normalized spacial score (nSPS) is 20.6. The summed E-state index contributed by atoms with van der Waals surface area (Å²) in [7, 11) is 1.49. The lowest BCUT2D eigenvalue weighted by molar-refractivity contribution is -0.147. The van der Waals surface area contributed by atoms with Gasteiger partial charge in [0.15, 0.2) is 0 Å². The maximum absolute atomic E-state index is 12.2. The van der Waals surface area contributed by atoms with Crippen molar-refractivity contribution >= 4 is 5.97 Å². The second-order valence-corrected chi connectivity index (χ2v) is 5.76. The van der Waals surface area contributed by atoms with Crippen LogP contribution < -0.4 is 0 Å². The number of fused-ring (bicyclic) bond motifs is 1. The largest absolute Gasteiger partial charge is 0.469 e. The molecule has 0 saturated carbocycles. The third-order valence-electron chi connectivity index (χ3n) is 4.45. The molecule has 2 atom stereocenters. The summed E-state index contributed by atoms with van der Waals surface area (Å²) in [6, 6.07) is 18.8. The molecule has 0 aliphatic heterocycles. The van der Waals surface area contributed by atoms with E-state index in [9.17, 15) is 4.79 Å². The van der Waals surface area contributed by atoms with Crippen molar-refractivity contribution in [3.63, 3.8) is 0 Å². The second-order valence-electron chi connectivity index (χ2n) is 5.76. The third kappa shape index (κ3) is 2.99. The predicted octanol–water partition coefficient (Wildman–Crippen LogP) is 3.43. The van der Waals surface area contributed by atoms with Gasteiger partial charge in [0.05, 0.1) is 13.0 Å². The average molecular weight is 280 g/mol. The first-order valence-corrected chi connectivity index (χ1v) is 7.46. The second kappa shape index (κ2) is 6.13. The van der Waals surface area contributed by atoms with Gasteiger partial charge in [0.2, 0.25) is 0 Å². The Hall–Kier alpha value is -2.09. The lowest BCUT2D eigenvalue weighted by Crippen LogP contribution is -2.33. The van der Waals surface area contributed by atoms with Crippen molar-refractivity contribution in [1.82, 2.24) is 0 Å². The van der Waals surface area contributed by atoms with Crippen molar-refractivity contribution in [2.75, 3.05) is 7.11 Å². The molecule has 0 radical (unpaired) electrons. The molecule has 2 nitrogen and oxygen atoms in total. The Kier molecular flexibility index (Phi) is 4.05. The van der Waals surface area contributed by atoms with E-state index in [0.717, 1.165) is 19.3 Å². The van der Waals surface area contributed by atoms with E-state index in [2.05, 4.69) is 42.5 Å². The van der Waals surface area contributed by atoms with E-state index in [1.165, 1.54) is 23.8 Å². The number of benzene rings is 2. The Bertz CT molecular complexity index is 618. The molecule has 0 N–H and O–H groups in total. The van der Waals surface area contributed by atoms with Crippen LogP contribution in [-0.2, 0) is 28.8 Å². The minimum Gasteiger partial charge on any atom is -0.469 e. The zero-order valence-electron chi connectivity index (χ0n) is 12.3. The van der Waals surface area contributed by atoms with Crippen LogP contribution in [0.4, 0.5) is 0 Å². The fraction of sp³-hybridized carbons (Fsp3) is 0.316. The standard InChI is InChI=1S/C19H20O2/c1-21-19(20)18-13-16-10-6-5-9-15(16)12-17(18)11-14-7-3-2-4-8-14/h2-10,17-18H,11-13H2,1H3. The lowest BCUT2D eigenvalue weighted by Gasteiger charge is -2.31. The molecule has 1 aliphatic rings. The SMILES string of the molecule is COC(=O)C1Cc2ccccc2CC1Cc1ccccc1. The summed E-state index contributed by atoms with van der Waals surface area (Å²) in [5.41, 5.74) is 3.95. The van der Waals surface area contributed by atoms with Crippen LogP contribution >= 0.6 is 0 Å². The molecular formula is C19H20O2. The van der Waals surface area contributed by atoms with Crippen molar-refractivity contribution < 1.29 is 9.53 Å². The molecule has 2 aromatic carbocycles. The first-order valence-electron chi connectivity index (χ1n) is 7.46. The van der Waals surface area contributed by atoms with Crippen molar-refractivity contribution in [3.05, 3.63) is 71.3 Å². The van der Waals surface area contributed by atoms with Crippen LogP contribution in [0.25, 0.3) is 0 Å². The predicted molar refractivity (Wildman–Crippen MR) is 83.0 cm³/mol. The molecule has 108 valence electrons. The lowest BCUT2D eigenvalue weighted by atomic mass is 9.73. The van der Waals surface area contributed by atoms with Gasteiger partial charge in [0.25, 0.3) is 0 Å². The van der Waals surface area contributed by atoms with E-state index in [0.29, 0.717) is 5.92 Å². The highest BCUT2D eigenvalue weighted by Gasteiger charge is 2.34. The molecule has 0 saturated heterocycles. The molecule has 0 aromatic heterocycles. The Morgan fingerprint density at radius 1 is 1.00 bits per heavy atom. The number of methoxy groups -OCH3 is 1. The maximum Gasteiger partial charge on any atom is 0.309 e. The van der Waals surface area contributed by atoms with E-state index in [1.807, 2.05) is 12.1 Å². The molecule has 0 heterocycles. The molecule has 0 amide bonds. The number of hydrogen-bond donors (Lipinski definition) is 0. The van der Waals surface area contributed by atoms with Crippen LogP contribution in [0.5, 0.6) is 0 Å². The van der Waals surface area contributed by atoms with Gasteiger partial charge in [-0.25, -0.2) is 0 Å². The highest BCUT2D eigenvalue weighted by molar-refractivity contribution is 5.73. The molecule has 21 heavy (non-hydrogen) atoms. The van der Waals surface area contributed by atoms with E-state index in [-0.39, 0.29) is 11.9 Å². The maximum atomic E-state index is 12.2. The van der Waals surface area contributed by atoms with Gasteiger partial charge in [0.1, 0.15) is 0 Å². The van der Waals surface area contributed by atoms with Crippen LogP contribution in [-0.4, -0.2) is 13.1 Å². The van der Waals surface area contributed by atoms with E-state index < -0.39 is 0 Å². The Labute approximate surface area is 125 Å². The average Bonchev–Trinajstić information content (AvgIpc) is 2.54. The van der Waals surface area contributed by atoms with Gasteiger partial charge >= 0.3 is 5.97 Å². The topological polar surface area (TPSA) is 26.3 Å². The van der Waals surface area contributed by atoms with Gasteiger partial charge in [-0.3, -0.25) is 4.79 Å². The van der Waals surface area contributed by atoms with Crippen molar-refractivity contribution in [2.45, 2.75) is 19.3 Å². The summed E-state index contributed by atoms with van der Waals surface area (Å²) in [5, 5.41) is 0. The molecule has 2 heteroatoms. The molecule has 0 bridgehead atoms. The highest BCUT2D eigenvalue weighted by Crippen LogP contribution is 2.33. The fourth-order valence-electron chi connectivity index (χ4n) is 3.34. The van der Waals surface area contributed by atoms with Crippen LogP contribution in [0.3, 0.4) is 0 Å². The number of ether oxygens (including phenoxy) is 1. The van der Waals surface area contributed by atoms with Crippen molar-refractivity contribution in [2.24, 2.45) is 11.8 Å². The summed E-state index contributed by atoms with van der Waals surface area (Å²) >= 11 is 0. The summed E-state index contributed by atoms with van der Waals surface area (Å²) in [5.74, 6) is 0.199. The summed E-state index contributed by atoms with van der Waals surface area (Å²) in [6.45, 7) is 0. The smallest absolute Gasteiger partial charge is 0.309 e. The Morgan fingerprint density at radius 3 is 2.29 bits per heavy atom. The van der Waals surface area contributed by atoms with Gasteiger partial charge in [-0.1, -0.05) is 54.6 Å². The summed E-state index contributed by atoms with van der Waals surface area (Å²) in [6.07, 6.45) is 2.67. The summed E-state index contributed by atoms with van der Waals surface area (Å²) < 4.78 is 5.03. The Balaban J connectivity index is 1.87. The molecule has 2 unspecified atom stereocenters. The number of esters is 1. The number of carbonyl (C=O) groups is 1. The fourth-order valence-corrected chi connectivity index (χ4v) is 3.34. The van der Waals surface area contributed by atoms with Gasteiger partial charge in [-0.05, 0) is 41.9 Å². The zero-order chi connectivity index (χ0) is 14.7. The molecule has 1 aliphatic carbocycles. The van der Waals surface area contributed by atoms with Crippen molar-refractivity contribution in [1.29, 1.82) is 0 Å². The molecule has 2 aromatic rings. The van der Waals surface area contributed by atoms with E-state index in [4.69, 9.17) is 4.74 Å². The van der Waals surface area contributed by atoms with Gasteiger partial charge in [0, 0.05) is 0 Å². The molecule has 3 rings (SSSR count). The minimum atomic E-state index is -0.0783. The number of hydrogen-bond acceptors (Lipinski definition) is 2. The van der Waals surface area contributed by atoms with E-state index >= 15 is 0 Å². The van der Waals surface area contributed by atoms with Gasteiger partial charge in [-0.15, -0.1) is 0 Å². The quantitative estimate of drug-likeness (QED) is 0.805. The number of carbonyl (C=O) groups excluding carboxylic acids is 1. The van der Waals surface area contributed by atoms with E-state index in [1.54, 1.807) is 0 Å². The van der Waals surface area contributed by atoms with Gasteiger partial charge in [-0.2, -0.15) is 0 Å². The highest BCUT2D eigenvalue weighted by atomic mass is 16.5. The van der Waals surface area contributed by atoms with Gasteiger partial charge < -0.3 is 4.74 Å². The summed E-state index contributed by atoms with van der Waals surface area (Å²) in [4.78, 5) is 12.2. The first kappa shape index (κ1) is 13.9. The van der Waals surface area contributed by atoms with Crippen molar-refractivity contribution in [3.8, 4) is 0 Å². The molecule has 0 fully saturated rings. The zero-order valence-corrected chi connectivity index (χ0v) is 12.3. The van der Waals surface area contributed by atoms with Crippen LogP contribution in [0.15, 0.2) is 54.6 Å². The van der Waals surface area contributed by atoms with Crippen LogP contribution in [0.1, 0.15) is 16.7 Å². The molecular weight excluding hydrogens is 260 g/mol. The third-order valence-corrected chi connectivity index (χ3v) is 4.45. The molecule has 0 spiro atoms. The monoisotopic (exact) mass is 280 g/mol. The first-order chi connectivity index (χ1) is 10.3. The number of rotatable bonds is 3. The minimum absolute atomic E-state index is 0.0369. The van der Waals surface area contributed by atoms with Crippen LogP contribution in [0, 0.1) is 11.8 Å².